The molecule has 4 heteroatoms. The number of phenolic OH excluding ortho intramolecular Hbond substituents is 1. The SMILES string of the molecule is CC(C)(C)OC(=O)NC1CCCc2cccc(O)c21. The molecule has 104 valence electrons. The van der Waals surface area contributed by atoms with Gasteiger partial charge in [-0.15, -0.1) is 0 Å². The number of hydrogen-bond acceptors (Lipinski definition) is 3. The van der Waals surface area contributed by atoms with Crippen LogP contribution in [0.5, 0.6) is 5.75 Å². The molecule has 0 saturated heterocycles. The lowest BCUT2D eigenvalue weighted by molar-refractivity contribution is 0.0498. The van der Waals surface area contributed by atoms with Gasteiger partial charge in [-0.3, -0.25) is 0 Å². The molecule has 1 aliphatic rings. The van der Waals surface area contributed by atoms with Gasteiger partial charge in [0.15, 0.2) is 0 Å². The molecule has 1 aliphatic carbocycles. The molecule has 0 spiro atoms. The number of phenols is 1. The van der Waals surface area contributed by atoms with Crippen LogP contribution in [0.2, 0.25) is 0 Å². The van der Waals surface area contributed by atoms with Crippen molar-refractivity contribution in [3.63, 3.8) is 0 Å². The maximum absolute atomic E-state index is 11.8. The second kappa shape index (κ2) is 5.11. The number of benzene rings is 1. The van der Waals surface area contributed by atoms with Crippen LogP contribution in [0.3, 0.4) is 0 Å². The Balaban J connectivity index is 2.14. The van der Waals surface area contributed by atoms with E-state index in [9.17, 15) is 9.90 Å². The van der Waals surface area contributed by atoms with E-state index < -0.39 is 11.7 Å². The molecule has 0 saturated carbocycles. The molecule has 1 amide bonds. The van der Waals surface area contributed by atoms with Gasteiger partial charge in [-0.2, -0.15) is 0 Å². The van der Waals surface area contributed by atoms with E-state index in [1.165, 1.54) is 0 Å². The highest BCUT2D eigenvalue weighted by Crippen LogP contribution is 2.35. The lowest BCUT2D eigenvalue weighted by Gasteiger charge is -2.28. The number of fused-ring (bicyclic) bond motifs is 1. The monoisotopic (exact) mass is 263 g/mol. The summed E-state index contributed by atoms with van der Waals surface area (Å²) in [5.74, 6) is 0.248. The number of carbonyl (C=O) groups is 1. The molecule has 1 unspecified atom stereocenters. The van der Waals surface area contributed by atoms with Gasteiger partial charge in [0.2, 0.25) is 0 Å². The van der Waals surface area contributed by atoms with Crippen molar-refractivity contribution in [3.8, 4) is 5.75 Å². The zero-order chi connectivity index (χ0) is 14.0. The van der Waals surface area contributed by atoms with Crippen molar-refractivity contribution in [2.45, 2.75) is 51.7 Å². The van der Waals surface area contributed by atoms with Gasteiger partial charge in [0, 0.05) is 5.56 Å². The number of aromatic hydroxyl groups is 1. The minimum Gasteiger partial charge on any atom is -0.508 e. The third-order valence-corrected chi connectivity index (χ3v) is 3.15. The van der Waals surface area contributed by atoms with Crippen molar-refractivity contribution in [3.05, 3.63) is 29.3 Å². The minimum absolute atomic E-state index is 0.167. The molecule has 0 bridgehead atoms. The predicted molar refractivity (Wildman–Crippen MR) is 73.2 cm³/mol. The minimum atomic E-state index is -0.514. The fourth-order valence-electron chi connectivity index (χ4n) is 2.45. The second-order valence-corrected chi connectivity index (χ2v) is 5.94. The number of carbonyl (C=O) groups excluding carboxylic acids is 1. The lowest BCUT2D eigenvalue weighted by atomic mass is 9.87. The molecule has 0 heterocycles. The highest BCUT2D eigenvalue weighted by molar-refractivity contribution is 5.69. The Hall–Kier alpha value is -1.71. The van der Waals surface area contributed by atoms with Crippen molar-refractivity contribution in [2.75, 3.05) is 0 Å². The van der Waals surface area contributed by atoms with Crippen molar-refractivity contribution >= 4 is 6.09 Å². The van der Waals surface area contributed by atoms with Crippen LogP contribution < -0.4 is 5.32 Å². The van der Waals surface area contributed by atoms with E-state index in [-0.39, 0.29) is 11.8 Å². The van der Waals surface area contributed by atoms with E-state index in [1.807, 2.05) is 32.9 Å². The summed E-state index contributed by atoms with van der Waals surface area (Å²) in [6, 6.07) is 5.33. The van der Waals surface area contributed by atoms with Crippen LogP contribution in [0.25, 0.3) is 0 Å². The Morgan fingerprint density at radius 1 is 1.42 bits per heavy atom. The summed E-state index contributed by atoms with van der Waals surface area (Å²) in [4.78, 5) is 11.8. The predicted octanol–water partition coefficient (Wildman–Crippen LogP) is 3.29. The van der Waals surface area contributed by atoms with E-state index in [1.54, 1.807) is 6.07 Å². The fourth-order valence-corrected chi connectivity index (χ4v) is 2.45. The molecule has 0 aromatic heterocycles. The molecule has 0 radical (unpaired) electrons. The first-order valence-electron chi connectivity index (χ1n) is 6.67. The second-order valence-electron chi connectivity index (χ2n) is 5.94. The molecule has 4 nitrogen and oxygen atoms in total. The van der Waals surface area contributed by atoms with Gasteiger partial charge in [0.05, 0.1) is 6.04 Å². The van der Waals surface area contributed by atoms with Crippen LogP contribution in [0.1, 0.15) is 50.8 Å². The Labute approximate surface area is 113 Å². The summed E-state index contributed by atoms with van der Waals surface area (Å²) in [7, 11) is 0. The average molecular weight is 263 g/mol. The molecular formula is C15H21NO3. The number of aryl methyl sites for hydroxylation is 1. The van der Waals surface area contributed by atoms with Crippen molar-refractivity contribution in [1.82, 2.24) is 5.32 Å². The first kappa shape index (κ1) is 13.7. The highest BCUT2D eigenvalue weighted by atomic mass is 16.6. The molecule has 1 atom stereocenters. The molecule has 19 heavy (non-hydrogen) atoms. The quantitative estimate of drug-likeness (QED) is 0.817. The van der Waals surface area contributed by atoms with Crippen LogP contribution in [0.4, 0.5) is 4.79 Å². The van der Waals surface area contributed by atoms with Crippen LogP contribution >= 0.6 is 0 Å². The van der Waals surface area contributed by atoms with Gasteiger partial charge in [0.25, 0.3) is 0 Å². The average Bonchev–Trinajstić information content (AvgIpc) is 2.26. The summed E-state index contributed by atoms with van der Waals surface area (Å²) < 4.78 is 5.26. The van der Waals surface area contributed by atoms with Gasteiger partial charge < -0.3 is 15.2 Å². The van der Waals surface area contributed by atoms with E-state index in [0.29, 0.717) is 0 Å². The molecule has 1 aromatic carbocycles. The Kier molecular flexibility index (Phi) is 3.69. The molecule has 0 fully saturated rings. The number of ether oxygens (including phenoxy) is 1. The molecular weight excluding hydrogens is 242 g/mol. The highest BCUT2D eigenvalue weighted by Gasteiger charge is 2.26. The number of alkyl carbamates (subject to hydrolysis) is 1. The summed E-state index contributed by atoms with van der Waals surface area (Å²) in [6.07, 6.45) is 2.32. The van der Waals surface area contributed by atoms with Crippen LogP contribution in [-0.4, -0.2) is 16.8 Å². The number of amides is 1. The van der Waals surface area contributed by atoms with Gasteiger partial charge >= 0.3 is 6.09 Å². The maximum atomic E-state index is 11.8. The molecule has 2 rings (SSSR count). The number of nitrogens with one attached hydrogen (secondary N) is 1. The zero-order valence-corrected chi connectivity index (χ0v) is 11.7. The van der Waals surface area contributed by atoms with Crippen molar-refractivity contribution in [1.29, 1.82) is 0 Å². The lowest BCUT2D eigenvalue weighted by Crippen LogP contribution is -2.36. The van der Waals surface area contributed by atoms with Gasteiger partial charge in [-0.1, -0.05) is 12.1 Å². The van der Waals surface area contributed by atoms with Crippen LogP contribution in [0.15, 0.2) is 18.2 Å². The first-order chi connectivity index (χ1) is 8.87. The summed E-state index contributed by atoms with van der Waals surface area (Å²) in [5, 5.41) is 12.8. The summed E-state index contributed by atoms with van der Waals surface area (Å²) >= 11 is 0. The maximum Gasteiger partial charge on any atom is 0.408 e. The zero-order valence-electron chi connectivity index (χ0n) is 11.7. The third kappa shape index (κ3) is 3.40. The largest absolute Gasteiger partial charge is 0.508 e. The van der Waals surface area contributed by atoms with Gasteiger partial charge in [0.1, 0.15) is 11.4 Å². The standard InChI is InChI=1S/C15H21NO3/c1-15(2,3)19-14(18)16-11-8-4-6-10-7-5-9-12(17)13(10)11/h5,7,9,11,17H,4,6,8H2,1-3H3,(H,16,18). The normalized spacial score (nSPS) is 18.6. The van der Waals surface area contributed by atoms with Crippen molar-refractivity contribution < 1.29 is 14.6 Å². The van der Waals surface area contributed by atoms with E-state index >= 15 is 0 Å². The fraction of sp³-hybridized carbons (Fsp3) is 0.533. The molecule has 0 aliphatic heterocycles. The van der Waals surface area contributed by atoms with Crippen LogP contribution in [-0.2, 0) is 11.2 Å². The summed E-state index contributed by atoms with van der Waals surface area (Å²) in [5.41, 5.74) is 1.42. The molecule has 2 N–H and O–H groups in total. The third-order valence-electron chi connectivity index (χ3n) is 3.15. The Bertz CT molecular complexity index is 477. The van der Waals surface area contributed by atoms with Gasteiger partial charge in [-0.25, -0.2) is 4.79 Å². The Morgan fingerprint density at radius 3 is 2.84 bits per heavy atom. The number of rotatable bonds is 1. The van der Waals surface area contributed by atoms with E-state index in [2.05, 4.69) is 5.32 Å². The Morgan fingerprint density at radius 2 is 2.16 bits per heavy atom. The first-order valence-corrected chi connectivity index (χ1v) is 6.67. The number of hydrogen-bond donors (Lipinski definition) is 2. The molecule has 1 aromatic rings. The van der Waals surface area contributed by atoms with Crippen LogP contribution in [0, 0.1) is 0 Å². The smallest absolute Gasteiger partial charge is 0.408 e. The summed E-state index contributed by atoms with van der Waals surface area (Å²) in [6.45, 7) is 5.50. The van der Waals surface area contributed by atoms with Gasteiger partial charge in [-0.05, 0) is 51.7 Å². The topological polar surface area (TPSA) is 58.6 Å². The van der Waals surface area contributed by atoms with Crippen molar-refractivity contribution in [2.24, 2.45) is 0 Å². The van der Waals surface area contributed by atoms with E-state index in [4.69, 9.17) is 4.74 Å². The van der Waals surface area contributed by atoms with E-state index in [0.717, 1.165) is 30.4 Å².